The second-order valence-electron chi connectivity index (χ2n) is 5.97. The number of benzene rings is 1. The fraction of sp³-hybridized carbons (Fsp3) is 0.316. The molecule has 8 heteroatoms. The van der Waals surface area contributed by atoms with Crippen LogP contribution in [0.2, 0.25) is 0 Å². The number of thiophene rings is 1. The van der Waals surface area contributed by atoms with Crippen LogP contribution < -0.4 is 9.47 Å². The van der Waals surface area contributed by atoms with E-state index in [-0.39, 0.29) is 12.7 Å². The van der Waals surface area contributed by atoms with Gasteiger partial charge in [0.25, 0.3) is 0 Å². The first-order valence-electron chi connectivity index (χ1n) is 8.27. The van der Waals surface area contributed by atoms with Crippen LogP contribution in [0.15, 0.2) is 47.9 Å². The summed E-state index contributed by atoms with van der Waals surface area (Å²) in [6.45, 7) is 0.507. The van der Waals surface area contributed by atoms with E-state index in [1.54, 1.807) is 31.4 Å². The first-order chi connectivity index (χ1) is 12.9. The normalized spacial score (nSPS) is 17.0. The van der Waals surface area contributed by atoms with E-state index < -0.39 is 18.1 Å². The number of carbonyl (C=O) groups is 1. The highest BCUT2D eigenvalue weighted by molar-refractivity contribution is 7.10. The fourth-order valence-electron chi connectivity index (χ4n) is 2.92. The van der Waals surface area contributed by atoms with Gasteiger partial charge in [0.15, 0.2) is 0 Å². The van der Waals surface area contributed by atoms with Crippen LogP contribution in [0.5, 0.6) is 11.5 Å². The maximum atomic E-state index is 12.4. The largest absolute Gasteiger partial charge is 0.497 e. The molecule has 1 unspecified atom stereocenters. The van der Waals surface area contributed by atoms with Crippen LogP contribution >= 0.6 is 11.3 Å². The SMILES string of the molecule is COc1ccc(OCC2c3sccc3CCN2C(=O)/C=C/C(F)(F)F)cc1. The van der Waals surface area contributed by atoms with Gasteiger partial charge in [-0.1, -0.05) is 0 Å². The zero-order valence-corrected chi connectivity index (χ0v) is 15.3. The van der Waals surface area contributed by atoms with Crippen LogP contribution in [0, 0.1) is 0 Å². The first-order valence-corrected chi connectivity index (χ1v) is 9.15. The van der Waals surface area contributed by atoms with E-state index in [1.165, 1.54) is 16.2 Å². The molecule has 1 aliphatic heterocycles. The maximum absolute atomic E-state index is 12.4. The number of halogens is 3. The molecule has 2 heterocycles. The van der Waals surface area contributed by atoms with Crippen LogP contribution in [-0.2, 0) is 11.2 Å². The minimum Gasteiger partial charge on any atom is -0.497 e. The van der Waals surface area contributed by atoms with Crippen molar-refractivity contribution in [2.75, 3.05) is 20.3 Å². The van der Waals surface area contributed by atoms with E-state index in [0.717, 1.165) is 10.4 Å². The summed E-state index contributed by atoms with van der Waals surface area (Å²) in [4.78, 5) is 14.7. The number of allylic oxidation sites excluding steroid dienone is 1. The lowest BCUT2D eigenvalue weighted by Crippen LogP contribution is -2.41. The quantitative estimate of drug-likeness (QED) is 0.703. The number of carbonyl (C=O) groups excluding carboxylic acids is 1. The van der Waals surface area contributed by atoms with Crippen molar-refractivity contribution in [2.45, 2.75) is 18.6 Å². The summed E-state index contributed by atoms with van der Waals surface area (Å²) in [5.74, 6) is 0.613. The summed E-state index contributed by atoms with van der Waals surface area (Å²) in [6, 6.07) is 8.54. The van der Waals surface area contributed by atoms with Crippen molar-refractivity contribution in [3.63, 3.8) is 0 Å². The molecule has 1 amide bonds. The number of hydrogen-bond acceptors (Lipinski definition) is 4. The number of hydrogen-bond donors (Lipinski definition) is 0. The number of rotatable bonds is 5. The highest BCUT2D eigenvalue weighted by Gasteiger charge is 2.32. The molecule has 0 aliphatic carbocycles. The van der Waals surface area contributed by atoms with Gasteiger partial charge in [-0.2, -0.15) is 13.2 Å². The molecule has 0 bridgehead atoms. The molecule has 0 N–H and O–H groups in total. The van der Waals surface area contributed by atoms with E-state index in [0.29, 0.717) is 30.5 Å². The van der Waals surface area contributed by atoms with E-state index in [9.17, 15) is 18.0 Å². The van der Waals surface area contributed by atoms with Gasteiger partial charge in [0.05, 0.1) is 7.11 Å². The number of amides is 1. The maximum Gasteiger partial charge on any atom is 0.409 e. The highest BCUT2D eigenvalue weighted by atomic mass is 32.1. The Bertz CT molecular complexity index is 814. The Morgan fingerprint density at radius 3 is 2.63 bits per heavy atom. The van der Waals surface area contributed by atoms with Crippen molar-refractivity contribution in [2.24, 2.45) is 0 Å². The van der Waals surface area contributed by atoms with Crippen LogP contribution in [0.4, 0.5) is 13.2 Å². The van der Waals surface area contributed by atoms with Gasteiger partial charge in [-0.05, 0) is 47.7 Å². The fourth-order valence-corrected chi connectivity index (χ4v) is 3.98. The molecule has 0 saturated heterocycles. The standard InChI is InChI=1S/C19H18F3NO3S/c1-25-14-2-4-15(5-3-14)26-12-16-18-13(8-11-27-18)7-10-23(16)17(24)6-9-19(20,21)22/h2-6,8-9,11,16H,7,10,12H2,1H3/b9-6+. The molecule has 1 aliphatic rings. The Hall–Kier alpha value is -2.48. The molecule has 1 aromatic heterocycles. The van der Waals surface area contributed by atoms with Gasteiger partial charge in [0.1, 0.15) is 24.1 Å². The van der Waals surface area contributed by atoms with Gasteiger partial charge < -0.3 is 14.4 Å². The summed E-state index contributed by atoms with van der Waals surface area (Å²) >= 11 is 1.48. The molecule has 0 fully saturated rings. The van der Waals surface area contributed by atoms with Gasteiger partial charge in [-0.15, -0.1) is 11.3 Å². The lowest BCUT2D eigenvalue weighted by molar-refractivity contribution is -0.130. The van der Waals surface area contributed by atoms with Gasteiger partial charge in [-0.25, -0.2) is 0 Å². The molecule has 144 valence electrons. The molecule has 1 atom stereocenters. The Morgan fingerprint density at radius 1 is 1.26 bits per heavy atom. The van der Waals surface area contributed by atoms with Gasteiger partial charge in [0, 0.05) is 23.6 Å². The van der Waals surface area contributed by atoms with Crippen molar-refractivity contribution >= 4 is 17.2 Å². The zero-order chi connectivity index (χ0) is 19.4. The average Bonchev–Trinajstić information content (AvgIpc) is 3.13. The van der Waals surface area contributed by atoms with Crippen molar-refractivity contribution in [3.05, 3.63) is 58.3 Å². The second-order valence-corrected chi connectivity index (χ2v) is 6.92. The topological polar surface area (TPSA) is 38.8 Å². The predicted octanol–water partition coefficient (Wildman–Crippen LogP) is 4.38. The van der Waals surface area contributed by atoms with Crippen molar-refractivity contribution in [1.29, 1.82) is 0 Å². The van der Waals surface area contributed by atoms with Crippen molar-refractivity contribution in [3.8, 4) is 11.5 Å². The lowest BCUT2D eigenvalue weighted by atomic mass is 10.0. The van der Waals surface area contributed by atoms with E-state index in [2.05, 4.69) is 0 Å². The number of fused-ring (bicyclic) bond motifs is 1. The molecule has 0 radical (unpaired) electrons. The summed E-state index contributed by atoms with van der Waals surface area (Å²) in [5, 5.41) is 1.92. The van der Waals surface area contributed by atoms with E-state index in [4.69, 9.17) is 9.47 Å². The van der Waals surface area contributed by atoms with E-state index in [1.807, 2.05) is 11.4 Å². The molecule has 4 nitrogen and oxygen atoms in total. The van der Waals surface area contributed by atoms with Gasteiger partial charge in [0.2, 0.25) is 5.91 Å². The molecule has 27 heavy (non-hydrogen) atoms. The van der Waals surface area contributed by atoms with Crippen molar-refractivity contribution < 1.29 is 27.4 Å². The summed E-state index contributed by atoms with van der Waals surface area (Å²) in [5.41, 5.74) is 1.10. The predicted molar refractivity (Wildman–Crippen MR) is 96.2 cm³/mol. The third kappa shape index (κ3) is 4.82. The highest BCUT2D eigenvalue weighted by Crippen LogP contribution is 2.35. The smallest absolute Gasteiger partial charge is 0.409 e. The molecule has 1 aromatic carbocycles. The monoisotopic (exact) mass is 397 g/mol. The Labute approximate surface area is 158 Å². The molecule has 0 spiro atoms. The average molecular weight is 397 g/mol. The molecular formula is C19H18F3NO3S. The summed E-state index contributed by atoms with van der Waals surface area (Å²) in [6.07, 6.45) is -3.35. The molecule has 3 rings (SSSR count). The van der Waals surface area contributed by atoms with E-state index >= 15 is 0 Å². The van der Waals surface area contributed by atoms with Crippen LogP contribution in [-0.4, -0.2) is 37.2 Å². The molecular weight excluding hydrogens is 379 g/mol. The number of alkyl halides is 3. The van der Waals surface area contributed by atoms with Crippen molar-refractivity contribution in [1.82, 2.24) is 4.90 Å². The third-order valence-corrected chi connectivity index (χ3v) is 5.31. The minimum atomic E-state index is -4.52. The Balaban J connectivity index is 1.76. The summed E-state index contributed by atoms with van der Waals surface area (Å²) < 4.78 is 48.1. The van der Waals surface area contributed by atoms with Crippen LogP contribution in [0.25, 0.3) is 0 Å². The number of ether oxygens (including phenoxy) is 2. The summed E-state index contributed by atoms with van der Waals surface area (Å²) in [7, 11) is 1.56. The lowest BCUT2D eigenvalue weighted by Gasteiger charge is -2.35. The van der Waals surface area contributed by atoms with Crippen LogP contribution in [0.1, 0.15) is 16.5 Å². The number of nitrogens with zero attached hydrogens (tertiary/aromatic N) is 1. The zero-order valence-electron chi connectivity index (χ0n) is 14.5. The second kappa shape index (κ2) is 8.04. The molecule has 2 aromatic rings. The number of methoxy groups -OCH3 is 1. The minimum absolute atomic E-state index is 0.0271. The van der Waals surface area contributed by atoms with Crippen LogP contribution in [0.3, 0.4) is 0 Å². The molecule has 0 saturated carbocycles. The Kier molecular flexibility index (Phi) is 5.74. The van der Waals surface area contributed by atoms with Gasteiger partial charge in [-0.3, -0.25) is 4.79 Å². The third-order valence-electron chi connectivity index (χ3n) is 4.25. The Morgan fingerprint density at radius 2 is 1.96 bits per heavy atom. The first kappa shape index (κ1) is 19.3. The van der Waals surface area contributed by atoms with Gasteiger partial charge >= 0.3 is 6.18 Å².